The Morgan fingerprint density at radius 2 is 2.06 bits per heavy atom. The molecule has 6 heteroatoms. The van der Waals surface area contributed by atoms with Gasteiger partial charge in [0.2, 0.25) is 0 Å². The van der Waals surface area contributed by atoms with Crippen LogP contribution < -0.4 is 0 Å². The summed E-state index contributed by atoms with van der Waals surface area (Å²) in [5.74, 6) is 0.0896. The number of hydrogen-bond donors (Lipinski definition) is 0. The number of alkyl halides is 1. The molecule has 0 heterocycles. The van der Waals surface area contributed by atoms with Gasteiger partial charge in [-0.3, -0.25) is 0 Å². The topological polar surface area (TPSA) is 57.9 Å². The first-order valence-corrected chi connectivity index (χ1v) is 7.35. The Balaban J connectivity index is 3.65. The second kappa shape index (κ2) is 5.05. The van der Waals surface area contributed by atoms with Crippen LogP contribution in [0, 0.1) is 11.3 Å². The van der Waals surface area contributed by atoms with Crippen LogP contribution in [-0.4, -0.2) is 8.42 Å². The molecule has 0 amide bonds. The van der Waals surface area contributed by atoms with Crippen molar-refractivity contribution in [3.05, 3.63) is 28.8 Å². The van der Waals surface area contributed by atoms with Crippen LogP contribution >= 0.6 is 22.3 Å². The lowest BCUT2D eigenvalue weighted by Crippen LogP contribution is -2.02. The van der Waals surface area contributed by atoms with Gasteiger partial charge >= 0.3 is 0 Å². The van der Waals surface area contributed by atoms with Crippen LogP contribution in [-0.2, 0) is 21.4 Å². The van der Waals surface area contributed by atoms with Gasteiger partial charge < -0.3 is 0 Å². The molecule has 0 aliphatic heterocycles. The number of rotatable bonds is 3. The van der Waals surface area contributed by atoms with Crippen LogP contribution in [0.2, 0.25) is 0 Å². The number of benzene rings is 1. The Morgan fingerprint density at radius 3 is 2.44 bits per heavy atom. The van der Waals surface area contributed by atoms with Crippen molar-refractivity contribution in [2.45, 2.75) is 24.1 Å². The minimum atomic E-state index is -3.91. The molecule has 1 rings (SSSR count). The molecule has 1 aromatic carbocycles. The van der Waals surface area contributed by atoms with E-state index in [0.717, 1.165) is 5.56 Å². The molecule has 0 aliphatic rings. The van der Waals surface area contributed by atoms with Crippen molar-refractivity contribution < 1.29 is 8.42 Å². The van der Waals surface area contributed by atoms with Gasteiger partial charge in [0.15, 0.2) is 0 Å². The van der Waals surface area contributed by atoms with Crippen LogP contribution in [0.3, 0.4) is 0 Å². The first-order chi connectivity index (χ1) is 7.45. The molecule has 0 N–H and O–H groups in total. The van der Waals surface area contributed by atoms with Crippen molar-refractivity contribution in [3.63, 3.8) is 0 Å². The van der Waals surface area contributed by atoms with Crippen molar-refractivity contribution in [1.29, 1.82) is 5.26 Å². The van der Waals surface area contributed by atoms with E-state index in [0.29, 0.717) is 12.0 Å². The fourth-order valence-corrected chi connectivity index (χ4v) is 2.81. The molecule has 0 fully saturated rings. The molecule has 0 aromatic heterocycles. The van der Waals surface area contributed by atoms with Gasteiger partial charge in [0.1, 0.15) is 11.0 Å². The molecule has 3 nitrogen and oxygen atoms in total. The molecule has 86 valence electrons. The number of hydrogen-bond acceptors (Lipinski definition) is 3. The number of aryl methyl sites for hydroxylation is 1. The van der Waals surface area contributed by atoms with Crippen molar-refractivity contribution in [3.8, 4) is 6.07 Å². The van der Waals surface area contributed by atoms with Crippen molar-refractivity contribution in [1.82, 2.24) is 0 Å². The highest BCUT2D eigenvalue weighted by molar-refractivity contribution is 8.13. The average molecular weight is 278 g/mol. The summed E-state index contributed by atoms with van der Waals surface area (Å²) in [4.78, 5) is -0.176. The normalized spacial score (nSPS) is 11.1. The third-order valence-electron chi connectivity index (χ3n) is 2.26. The third-order valence-corrected chi connectivity index (χ3v) is 3.89. The van der Waals surface area contributed by atoms with Crippen LogP contribution in [0.1, 0.15) is 23.6 Å². The van der Waals surface area contributed by atoms with Crippen molar-refractivity contribution in [2.24, 2.45) is 0 Å². The summed E-state index contributed by atoms with van der Waals surface area (Å²) < 4.78 is 22.5. The summed E-state index contributed by atoms with van der Waals surface area (Å²) in [6.45, 7) is 1.90. The molecule has 0 saturated carbocycles. The highest BCUT2D eigenvalue weighted by atomic mass is 35.7. The monoisotopic (exact) mass is 277 g/mol. The molecule has 0 unspecified atom stereocenters. The fourth-order valence-electron chi connectivity index (χ4n) is 1.48. The Labute approximate surface area is 104 Å². The summed E-state index contributed by atoms with van der Waals surface area (Å²) in [7, 11) is 1.33. The standard InChI is InChI=1S/C10H9Cl2NO2S/c1-2-7-3-4-10(16(12,14)15)9(6-13)8(7)5-11/h3-4H,2,5H2,1H3. The van der Waals surface area contributed by atoms with E-state index in [1.54, 1.807) is 6.07 Å². The molecule has 0 bridgehead atoms. The number of halogens is 2. The second-order valence-corrected chi connectivity index (χ2v) is 5.91. The Morgan fingerprint density at radius 1 is 1.44 bits per heavy atom. The lowest BCUT2D eigenvalue weighted by atomic mass is 10.0. The largest absolute Gasteiger partial charge is 0.262 e. The van der Waals surface area contributed by atoms with E-state index in [1.165, 1.54) is 6.07 Å². The summed E-state index contributed by atoms with van der Waals surface area (Å²) in [5.41, 5.74) is 1.44. The maximum atomic E-state index is 11.3. The molecular formula is C10H9Cl2NO2S. The van der Waals surface area contributed by atoms with Gasteiger partial charge in [0, 0.05) is 16.6 Å². The third kappa shape index (κ3) is 2.49. The van der Waals surface area contributed by atoms with E-state index in [9.17, 15) is 8.42 Å². The molecule has 16 heavy (non-hydrogen) atoms. The van der Waals surface area contributed by atoms with E-state index in [1.807, 2.05) is 13.0 Å². The minimum Gasteiger partial charge on any atom is -0.207 e. The van der Waals surface area contributed by atoms with Gasteiger partial charge in [0.25, 0.3) is 9.05 Å². The van der Waals surface area contributed by atoms with Crippen LogP contribution in [0.25, 0.3) is 0 Å². The van der Waals surface area contributed by atoms with Crippen molar-refractivity contribution >= 4 is 31.3 Å². The lowest BCUT2D eigenvalue weighted by molar-refractivity contribution is 0.609. The predicted molar refractivity (Wildman–Crippen MR) is 63.1 cm³/mol. The molecule has 0 atom stereocenters. The second-order valence-electron chi connectivity index (χ2n) is 3.11. The predicted octanol–water partition coefficient (Wildman–Crippen LogP) is 2.79. The Bertz CT molecular complexity index is 547. The van der Waals surface area contributed by atoms with Gasteiger partial charge in [0.05, 0.1) is 5.56 Å². The Hall–Kier alpha value is -0.760. The SMILES string of the molecule is CCc1ccc(S(=O)(=O)Cl)c(C#N)c1CCl. The van der Waals surface area contributed by atoms with Crippen LogP contribution in [0.15, 0.2) is 17.0 Å². The van der Waals surface area contributed by atoms with Crippen LogP contribution in [0.5, 0.6) is 0 Å². The van der Waals surface area contributed by atoms with E-state index in [4.69, 9.17) is 27.5 Å². The quantitative estimate of drug-likeness (QED) is 0.631. The smallest absolute Gasteiger partial charge is 0.207 e. The molecule has 0 aliphatic carbocycles. The average Bonchev–Trinajstić information content (AvgIpc) is 2.25. The first-order valence-electron chi connectivity index (χ1n) is 4.51. The van der Waals surface area contributed by atoms with Crippen LogP contribution in [0.4, 0.5) is 0 Å². The molecule has 0 spiro atoms. The number of nitrogens with zero attached hydrogens (tertiary/aromatic N) is 1. The molecule has 1 aromatic rings. The van der Waals surface area contributed by atoms with Gasteiger partial charge in [-0.15, -0.1) is 11.6 Å². The summed E-state index contributed by atoms with van der Waals surface area (Å²) in [5, 5.41) is 8.98. The minimum absolute atomic E-state index is 0.0457. The summed E-state index contributed by atoms with van der Waals surface area (Å²) in [6, 6.07) is 4.82. The molecular weight excluding hydrogens is 269 g/mol. The van der Waals surface area contributed by atoms with Crippen molar-refractivity contribution in [2.75, 3.05) is 0 Å². The fraction of sp³-hybridized carbons (Fsp3) is 0.300. The maximum absolute atomic E-state index is 11.3. The van der Waals surface area contributed by atoms with Gasteiger partial charge in [-0.05, 0) is 23.6 Å². The van der Waals surface area contributed by atoms with E-state index in [2.05, 4.69) is 0 Å². The van der Waals surface area contributed by atoms with Gasteiger partial charge in [-0.2, -0.15) is 5.26 Å². The Kier molecular flexibility index (Phi) is 4.20. The zero-order valence-corrected chi connectivity index (χ0v) is 10.8. The molecule has 0 radical (unpaired) electrons. The zero-order chi connectivity index (χ0) is 12.3. The zero-order valence-electron chi connectivity index (χ0n) is 8.50. The highest BCUT2D eigenvalue weighted by Gasteiger charge is 2.20. The summed E-state index contributed by atoms with van der Waals surface area (Å²) >= 11 is 5.73. The van der Waals surface area contributed by atoms with Gasteiger partial charge in [-0.25, -0.2) is 8.42 Å². The lowest BCUT2D eigenvalue weighted by Gasteiger charge is -2.09. The van der Waals surface area contributed by atoms with E-state index >= 15 is 0 Å². The van der Waals surface area contributed by atoms with E-state index < -0.39 is 9.05 Å². The highest BCUT2D eigenvalue weighted by Crippen LogP contribution is 2.26. The first kappa shape index (κ1) is 13.3. The maximum Gasteiger partial charge on any atom is 0.262 e. The van der Waals surface area contributed by atoms with E-state index in [-0.39, 0.29) is 16.3 Å². The number of nitriles is 1. The summed E-state index contributed by atoms with van der Waals surface area (Å²) in [6.07, 6.45) is 0.680. The molecule has 0 saturated heterocycles. The van der Waals surface area contributed by atoms with Gasteiger partial charge in [-0.1, -0.05) is 13.0 Å².